The average Bonchev–Trinajstić information content (AvgIpc) is 2.43. The Morgan fingerprint density at radius 1 is 1.35 bits per heavy atom. The molecule has 1 aromatic rings. The number of methoxy groups -OCH3 is 1. The van der Waals surface area contributed by atoms with Crippen molar-refractivity contribution in [1.82, 2.24) is 0 Å². The molecular weight excluding hydrogens is 290 g/mol. The largest absolute Gasteiger partial charge is 0.495 e. The molecule has 0 aromatic heterocycles. The van der Waals surface area contributed by atoms with Crippen molar-refractivity contribution in [3.8, 4) is 5.75 Å². The fourth-order valence-electron chi connectivity index (χ4n) is 2.89. The zero-order valence-corrected chi connectivity index (χ0v) is 11.8. The number of hydrogen-bond acceptors (Lipinski definition) is 2. The molecular formula is C14H15ClF2O3. The van der Waals surface area contributed by atoms with Gasteiger partial charge in [0.1, 0.15) is 16.6 Å². The highest BCUT2D eigenvalue weighted by Gasteiger charge is 2.46. The molecule has 0 spiro atoms. The van der Waals surface area contributed by atoms with E-state index in [1.165, 1.54) is 7.11 Å². The summed E-state index contributed by atoms with van der Waals surface area (Å²) >= 11 is 5.80. The first-order chi connectivity index (χ1) is 9.44. The number of halogens is 3. The van der Waals surface area contributed by atoms with Crippen LogP contribution in [0, 0.1) is 11.6 Å². The minimum absolute atomic E-state index is 0.137. The second-order valence-corrected chi connectivity index (χ2v) is 5.39. The number of ether oxygens (including phenoxy) is 1. The quantitative estimate of drug-likeness (QED) is 0.861. The maximum atomic E-state index is 14.4. The van der Waals surface area contributed by atoms with Gasteiger partial charge in [-0.1, -0.05) is 30.9 Å². The molecule has 0 bridgehead atoms. The van der Waals surface area contributed by atoms with Gasteiger partial charge in [0, 0.05) is 11.6 Å². The second kappa shape index (κ2) is 5.56. The molecule has 1 fully saturated rings. The molecule has 1 N–H and O–H groups in total. The maximum absolute atomic E-state index is 14.4. The van der Waals surface area contributed by atoms with Gasteiger partial charge in [0.25, 0.3) is 0 Å². The summed E-state index contributed by atoms with van der Waals surface area (Å²) in [7, 11) is 1.24. The van der Waals surface area contributed by atoms with E-state index in [1.807, 2.05) is 0 Å². The van der Waals surface area contributed by atoms with Crippen molar-refractivity contribution in [2.45, 2.75) is 37.5 Å². The molecule has 0 atom stereocenters. The lowest BCUT2D eigenvalue weighted by Gasteiger charge is -2.34. The molecule has 0 heterocycles. The van der Waals surface area contributed by atoms with Crippen LogP contribution in [0.1, 0.15) is 37.7 Å². The number of carbonyl (C=O) groups is 1. The van der Waals surface area contributed by atoms with Gasteiger partial charge in [0.2, 0.25) is 0 Å². The Morgan fingerprint density at radius 2 is 1.95 bits per heavy atom. The molecule has 6 heteroatoms. The molecule has 3 nitrogen and oxygen atoms in total. The minimum atomic E-state index is -1.54. The van der Waals surface area contributed by atoms with Crippen LogP contribution in [0.15, 0.2) is 6.07 Å². The zero-order valence-electron chi connectivity index (χ0n) is 11.0. The molecule has 1 aliphatic rings. The molecule has 1 aliphatic carbocycles. The standard InChI is InChI=1S/C14H15ClF2O3/c1-20-9-7-8(16)10(12(17)11(9)15)14(13(18)19)5-3-2-4-6-14/h7H,2-6H2,1H3,(H,18,19). The van der Waals surface area contributed by atoms with Gasteiger partial charge < -0.3 is 9.84 Å². The molecule has 1 aromatic carbocycles. The fraction of sp³-hybridized carbons (Fsp3) is 0.500. The lowest BCUT2D eigenvalue weighted by Crippen LogP contribution is -2.39. The van der Waals surface area contributed by atoms with Gasteiger partial charge in [-0.3, -0.25) is 4.79 Å². The van der Waals surface area contributed by atoms with Crippen LogP contribution in [0.25, 0.3) is 0 Å². The summed E-state index contributed by atoms with van der Waals surface area (Å²) in [6.45, 7) is 0. The van der Waals surface area contributed by atoms with Gasteiger partial charge >= 0.3 is 5.97 Å². The van der Waals surface area contributed by atoms with Gasteiger partial charge in [-0.2, -0.15) is 0 Å². The van der Waals surface area contributed by atoms with Gasteiger partial charge in [0.05, 0.1) is 12.5 Å². The highest BCUT2D eigenvalue weighted by Crippen LogP contribution is 2.45. The number of carboxylic acids is 1. The topological polar surface area (TPSA) is 46.5 Å². The Hall–Kier alpha value is -1.36. The van der Waals surface area contributed by atoms with Crippen LogP contribution < -0.4 is 4.74 Å². The van der Waals surface area contributed by atoms with E-state index in [2.05, 4.69) is 0 Å². The molecule has 2 rings (SSSR count). The van der Waals surface area contributed by atoms with Crippen molar-refractivity contribution in [3.63, 3.8) is 0 Å². The Labute approximate surface area is 120 Å². The van der Waals surface area contributed by atoms with Crippen LogP contribution in [0.4, 0.5) is 8.78 Å². The van der Waals surface area contributed by atoms with Gasteiger partial charge in [-0.25, -0.2) is 8.78 Å². The highest BCUT2D eigenvalue weighted by atomic mass is 35.5. The van der Waals surface area contributed by atoms with Crippen LogP contribution in [0.2, 0.25) is 5.02 Å². The smallest absolute Gasteiger partial charge is 0.314 e. The molecule has 20 heavy (non-hydrogen) atoms. The lowest BCUT2D eigenvalue weighted by molar-refractivity contribution is -0.145. The van der Waals surface area contributed by atoms with Crippen LogP contribution >= 0.6 is 11.6 Å². The van der Waals surface area contributed by atoms with Gasteiger partial charge in [-0.05, 0) is 12.8 Å². The SMILES string of the molecule is COc1cc(F)c(C2(C(=O)O)CCCCC2)c(F)c1Cl. The number of hydrogen-bond donors (Lipinski definition) is 1. The Morgan fingerprint density at radius 3 is 2.45 bits per heavy atom. The van der Waals surface area contributed by atoms with Crippen molar-refractivity contribution in [2.24, 2.45) is 0 Å². The summed E-state index contributed by atoms with van der Waals surface area (Å²) in [6.07, 6.45) is 2.52. The van der Waals surface area contributed by atoms with Crippen LogP contribution in [-0.2, 0) is 10.2 Å². The third kappa shape index (κ3) is 2.24. The van der Waals surface area contributed by atoms with E-state index in [1.54, 1.807) is 0 Å². The van der Waals surface area contributed by atoms with E-state index in [0.29, 0.717) is 12.8 Å². The van der Waals surface area contributed by atoms with E-state index < -0.39 is 28.6 Å². The Bertz CT molecular complexity index is 540. The minimum Gasteiger partial charge on any atom is -0.495 e. The summed E-state index contributed by atoms with van der Waals surface area (Å²) in [5, 5.41) is 9.12. The Balaban J connectivity index is 2.66. The van der Waals surface area contributed by atoms with Crippen molar-refractivity contribution in [2.75, 3.05) is 7.11 Å². The van der Waals surface area contributed by atoms with Gasteiger partial charge in [-0.15, -0.1) is 0 Å². The summed E-state index contributed by atoms with van der Waals surface area (Å²) in [5.74, 6) is -3.31. The van der Waals surface area contributed by atoms with Crippen LogP contribution in [0.5, 0.6) is 5.75 Å². The summed E-state index contributed by atoms with van der Waals surface area (Å²) in [4.78, 5) is 11.6. The normalized spacial score (nSPS) is 17.8. The number of benzene rings is 1. The van der Waals surface area contributed by atoms with Crippen molar-refractivity contribution >= 4 is 17.6 Å². The first kappa shape index (κ1) is 15.0. The molecule has 0 radical (unpaired) electrons. The van der Waals surface area contributed by atoms with Crippen LogP contribution in [-0.4, -0.2) is 18.2 Å². The van der Waals surface area contributed by atoms with Crippen molar-refractivity contribution in [3.05, 3.63) is 28.3 Å². The zero-order chi connectivity index (χ0) is 14.9. The fourth-order valence-corrected chi connectivity index (χ4v) is 3.11. The van der Waals surface area contributed by atoms with E-state index in [-0.39, 0.29) is 23.6 Å². The van der Waals surface area contributed by atoms with E-state index in [9.17, 15) is 18.7 Å². The van der Waals surface area contributed by atoms with E-state index in [0.717, 1.165) is 12.5 Å². The average molecular weight is 305 g/mol. The molecule has 0 amide bonds. The highest BCUT2D eigenvalue weighted by molar-refractivity contribution is 6.32. The third-order valence-electron chi connectivity index (χ3n) is 3.94. The lowest BCUT2D eigenvalue weighted by atomic mass is 9.69. The molecule has 0 unspecified atom stereocenters. The molecule has 1 saturated carbocycles. The second-order valence-electron chi connectivity index (χ2n) is 5.01. The summed E-state index contributed by atoms with van der Waals surface area (Å²) in [6, 6.07) is 0.944. The number of aliphatic carboxylic acids is 1. The molecule has 110 valence electrons. The number of rotatable bonds is 3. The summed E-state index contributed by atoms with van der Waals surface area (Å²) < 4.78 is 33.4. The van der Waals surface area contributed by atoms with E-state index >= 15 is 0 Å². The predicted octanol–water partition coefficient (Wildman–Crippen LogP) is 3.91. The first-order valence-electron chi connectivity index (χ1n) is 6.39. The van der Waals surface area contributed by atoms with Crippen molar-refractivity contribution < 1.29 is 23.4 Å². The predicted molar refractivity (Wildman–Crippen MR) is 70.3 cm³/mol. The van der Waals surface area contributed by atoms with Crippen molar-refractivity contribution in [1.29, 1.82) is 0 Å². The van der Waals surface area contributed by atoms with E-state index in [4.69, 9.17) is 16.3 Å². The molecule has 0 saturated heterocycles. The maximum Gasteiger partial charge on any atom is 0.314 e. The number of carboxylic acid groups (broad SMARTS) is 1. The monoisotopic (exact) mass is 304 g/mol. The van der Waals surface area contributed by atoms with Gasteiger partial charge in [0.15, 0.2) is 5.82 Å². The first-order valence-corrected chi connectivity index (χ1v) is 6.77. The summed E-state index contributed by atoms with van der Waals surface area (Å²) in [5.41, 5.74) is -1.99. The van der Waals surface area contributed by atoms with Crippen LogP contribution in [0.3, 0.4) is 0 Å². The Kier molecular flexibility index (Phi) is 4.18. The molecule has 0 aliphatic heterocycles. The third-order valence-corrected chi connectivity index (χ3v) is 4.29.